The molecular formula is C11H19N5OS. The minimum Gasteiger partial charge on any atom is -0.336 e. The second-order valence-corrected chi connectivity index (χ2v) is 5.22. The Hall–Kier alpha value is -1.21. The predicted octanol–water partition coefficient (Wildman–Crippen LogP) is 1.53. The highest BCUT2D eigenvalue weighted by molar-refractivity contribution is 7.13. The Kier molecular flexibility index (Phi) is 4.89. The Morgan fingerprint density at radius 1 is 1.56 bits per heavy atom. The largest absolute Gasteiger partial charge is 0.336 e. The van der Waals surface area contributed by atoms with Crippen molar-refractivity contribution < 1.29 is 4.79 Å². The van der Waals surface area contributed by atoms with Crippen LogP contribution in [0.3, 0.4) is 0 Å². The number of urea groups is 1. The van der Waals surface area contributed by atoms with Crippen molar-refractivity contribution in [2.45, 2.75) is 32.2 Å². The van der Waals surface area contributed by atoms with Crippen molar-refractivity contribution in [1.82, 2.24) is 20.4 Å². The van der Waals surface area contributed by atoms with E-state index in [9.17, 15) is 4.79 Å². The third kappa shape index (κ3) is 3.64. The summed E-state index contributed by atoms with van der Waals surface area (Å²) in [5, 5.41) is 13.5. The molecule has 0 radical (unpaired) electrons. The number of rotatable bonds is 5. The molecule has 1 atom stereocenters. The lowest BCUT2D eigenvalue weighted by molar-refractivity contribution is 0.222. The minimum atomic E-state index is -0.204. The Morgan fingerprint density at radius 3 is 2.94 bits per heavy atom. The first-order valence-corrected chi connectivity index (χ1v) is 7.22. The van der Waals surface area contributed by atoms with Gasteiger partial charge in [0.15, 0.2) is 0 Å². The van der Waals surface area contributed by atoms with Crippen LogP contribution < -0.4 is 10.6 Å². The van der Waals surface area contributed by atoms with Crippen molar-refractivity contribution in [3.8, 4) is 0 Å². The summed E-state index contributed by atoms with van der Waals surface area (Å²) in [6, 6.07) is 0.233. The number of nitrogens with one attached hydrogen (secondary N) is 2. The first kappa shape index (κ1) is 13.2. The minimum absolute atomic E-state index is 0.204. The number of likely N-dealkylation sites (tertiary alicyclic amines) is 1. The van der Waals surface area contributed by atoms with E-state index in [1.807, 2.05) is 0 Å². The predicted molar refractivity (Wildman–Crippen MR) is 71.8 cm³/mol. The van der Waals surface area contributed by atoms with Crippen LogP contribution in [0.4, 0.5) is 9.93 Å². The SMILES string of the molecule is CC[C@@H](CNC(=O)Nc1nncs1)N1CCCC1. The van der Waals surface area contributed by atoms with Gasteiger partial charge in [-0.25, -0.2) is 4.79 Å². The summed E-state index contributed by atoms with van der Waals surface area (Å²) in [6.07, 6.45) is 3.60. The van der Waals surface area contributed by atoms with E-state index in [1.54, 1.807) is 5.51 Å². The van der Waals surface area contributed by atoms with Crippen molar-refractivity contribution in [3.05, 3.63) is 5.51 Å². The molecule has 0 aromatic carbocycles. The number of hydrogen-bond acceptors (Lipinski definition) is 5. The normalized spacial score (nSPS) is 17.6. The van der Waals surface area contributed by atoms with E-state index in [4.69, 9.17) is 0 Å². The number of hydrogen-bond donors (Lipinski definition) is 2. The maximum Gasteiger partial charge on any atom is 0.321 e. The van der Waals surface area contributed by atoms with E-state index in [1.165, 1.54) is 24.2 Å². The van der Waals surface area contributed by atoms with Gasteiger partial charge in [0, 0.05) is 12.6 Å². The Labute approximate surface area is 111 Å². The highest BCUT2D eigenvalue weighted by Crippen LogP contribution is 2.13. The number of carbonyl (C=O) groups is 1. The molecule has 18 heavy (non-hydrogen) atoms. The molecule has 0 aliphatic carbocycles. The second-order valence-electron chi connectivity index (χ2n) is 4.38. The van der Waals surface area contributed by atoms with Gasteiger partial charge in [-0.15, -0.1) is 10.2 Å². The van der Waals surface area contributed by atoms with Crippen LogP contribution >= 0.6 is 11.3 Å². The number of nitrogens with zero attached hydrogens (tertiary/aromatic N) is 3. The Balaban J connectivity index is 1.73. The molecule has 0 unspecified atom stereocenters. The van der Waals surface area contributed by atoms with E-state index >= 15 is 0 Å². The van der Waals surface area contributed by atoms with Crippen LogP contribution in [0.2, 0.25) is 0 Å². The van der Waals surface area contributed by atoms with E-state index in [-0.39, 0.29) is 6.03 Å². The molecule has 1 aromatic heterocycles. The van der Waals surface area contributed by atoms with Crippen LogP contribution in [0.5, 0.6) is 0 Å². The van der Waals surface area contributed by atoms with Crippen LogP contribution in [-0.4, -0.2) is 46.8 Å². The maximum atomic E-state index is 11.6. The summed E-state index contributed by atoms with van der Waals surface area (Å²) in [5.74, 6) is 0. The van der Waals surface area contributed by atoms with E-state index < -0.39 is 0 Å². The molecule has 1 aliphatic heterocycles. The number of anilines is 1. The smallest absolute Gasteiger partial charge is 0.321 e. The summed E-state index contributed by atoms with van der Waals surface area (Å²) in [7, 11) is 0. The van der Waals surface area contributed by atoms with Gasteiger partial charge in [0.25, 0.3) is 0 Å². The van der Waals surface area contributed by atoms with Crippen LogP contribution in [0.15, 0.2) is 5.51 Å². The van der Waals surface area contributed by atoms with Gasteiger partial charge < -0.3 is 5.32 Å². The molecule has 2 N–H and O–H groups in total. The van der Waals surface area contributed by atoms with Gasteiger partial charge in [-0.05, 0) is 32.4 Å². The first-order valence-electron chi connectivity index (χ1n) is 6.34. The van der Waals surface area contributed by atoms with Crippen molar-refractivity contribution in [1.29, 1.82) is 0 Å². The van der Waals surface area contributed by atoms with Gasteiger partial charge in [0.1, 0.15) is 5.51 Å². The molecule has 100 valence electrons. The second kappa shape index (κ2) is 6.65. The summed E-state index contributed by atoms with van der Waals surface area (Å²) in [5.41, 5.74) is 1.59. The van der Waals surface area contributed by atoms with Crippen LogP contribution in [-0.2, 0) is 0 Å². The van der Waals surface area contributed by atoms with Crippen LogP contribution in [0.1, 0.15) is 26.2 Å². The van der Waals surface area contributed by atoms with Gasteiger partial charge in [0.2, 0.25) is 5.13 Å². The maximum absolute atomic E-state index is 11.6. The standard InChI is InChI=1S/C11H19N5OS/c1-2-9(16-5-3-4-6-16)7-12-10(17)14-11-15-13-8-18-11/h8-9H,2-7H2,1H3,(H2,12,14,15,17)/t9-/m0/s1. The quantitative estimate of drug-likeness (QED) is 0.850. The molecule has 6 nitrogen and oxygen atoms in total. The van der Waals surface area contributed by atoms with Gasteiger partial charge in [-0.2, -0.15) is 0 Å². The van der Waals surface area contributed by atoms with Crippen molar-refractivity contribution in [2.24, 2.45) is 0 Å². The van der Waals surface area contributed by atoms with E-state index in [0.717, 1.165) is 19.5 Å². The molecule has 2 heterocycles. The average molecular weight is 269 g/mol. The fraction of sp³-hybridized carbons (Fsp3) is 0.727. The van der Waals surface area contributed by atoms with Crippen LogP contribution in [0, 0.1) is 0 Å². The lowest BCUT2D eigenvalue weighted by atomic mass is 10.2. The Morgan fingerprint density at radius 2 is 2.33 bits per heavy atom. The third-order valence-corrected chi connectivity index (χ3v) is 3.81. The molecule has 7 heteroatoms. The fourth-order valence-electron chi connectivity index (χ4n) is 2.22. The van der Waals surface area contributed by atoms with Crippen molar-refractivity contribution >= 4 is 22.5 Å². The molecule has 2 amide bonds. The monoisotopic (exact) mass is 269 g/mol. The van der Waals surface area contributed by atoms with Crippen molar-refractivity contribution in [3.63, 3.8) is 0 Å². The Bertz CT molecular complexity index is 364. The molecule has 1 fully saturated rings. The third-order valence-electron chi connectivity index (χ3n) is 3.21. The molecule has 0 spiro atoms. The first-order chi connectivity index (χ1) is 8.79. The zero-order valence-corrected chi connectivity index (χ0v) is 11.4. The van der Waals surface area contributed by atoms with E-state index in [2.05, 4.69) is 32.7 Å². The van der Waals surface area contributed by atoms with Gasteiger partial charge >= 0.3 is 6.03 Å². The summed E-state index contributed by atoms with van der Waals surface area (Å²) in [6.45, 7) is 5.14. The average Bonchev–Trinajstić information content (AvgIpc) is 3.02. The zero-order valence-electron chi connectivity index (χ0n) is 10.6. The molecule has 2 rings (SSSR count). The number of amides is 2. The molecule has 1 aliphatic rings. The van der Waals surface area contributed by atoms with Gasteiger partial charge in [-0.3, -0.25) is 10.2 Å². The summed E-state index contributed by atoms with van der Waals surface area (Å²) in [4.78, 5) is 14.1. The highest BCUT2D eigenvalue weighted by atomic mass is 32.1. The van der Waals surface area contributed by atoms with Crippen LogP contribution in [0.25, 0.3) is 0 Å². The molecule has 1 aromatic rings. The molecule has 1 saturated heterocycles. The molecule has 0 bridgehead atoms. The number of carbonyl (C=O) groups excluding carboxylic acids is 1. The number of aromatic nitrogens is 2. The lowest BCUT2D eigenvalue weighted by Gasteiger charge is -2.26. The molecule has 0 saturated carbocycles. The van der Waals surface area contributed by atoms with Gasteiger partial charge in [0.05, 0.1) is 0 Å². The van der Waals surface area contributed by atoms with Crippen molar-refractivity contribution in [2.75, 3.05) is 25.0 Å². The zero-order chi connectivity index (χ0) is 12.8. The lowest BCUT2D eigenvalue weighted by Crippen LogP contribution is -2.43. The van der Waals surface area contributed by atoms with Gasteiger partial charge in [-0.1, -0.05) is 18.3 Å². The van der Waals surface area contributed by atoms with E-state index in [0.29, 0.717) is 17.7 Å². The fourth-order valence-corrected chi connectivity index (χ4v) is 2.66. The summed E-state index contributed by atoms with van der Waals surface area (Å²) >= 11 is 1.31. The topological polar surface area (TPSA) is 70.1 Å². The molecular weight excluding hydrogens is 250 g/mol. The summed E-state index contributed by atoms with van der Waals surface area (Å²) < 4.78 is 0. The highest BCUT2D eigenvalue weighted by Gasteiger charge is 2.20.